The molecule has 4 aliphatic rings. The lowest BCUT2D eigenvalue weighted by atomic mass is 9.89. The van der Waals surface area contributed by atoms with Crippen molar-refractivity contribution < 1.29 is 24.1 Å². The van der Waals surface area contributed by atoms with Crippen LogP contribution in [0.25, 0.3) is 0 Å². The molecule has 1 N–H and O–H groups in total. The fourth-order valence-corrected chi connectivity index (χ4v) is 15.4. The summed E-state index contributed by atoms with van der Waals surface area (Å²) in [5.41, 5.74) is 14.2. The van der Waals surface area contributed by atoms with Crippen LogP contribution in [-0.2, 0) is 19.3 Å². The van der Waals surface area contributed by atoms with Crippen LogP contribution in [0.4, 0.5) is 0 Å². The average molecular weight is 839 g/mol. The monoisotopic (exact) mass is 838 g/mol. The summed E-state index contributed by atoms with van der Waals surface area (Å²) in [7, 11) is 5.06. The van der Waals surface area contributed by atoms with Gasteiger partial charge in [0.2, 0.25) is 0 Å². The molecule has 4 aliphatic carbocycles. The van der Waals surface area contributed by atoms with Gasteiger partial charge in [-0.15, -0.1) is 0 Å². The van der Waals surface area contributed by atoms with E-state index in [0.717, 1.165) is 80.3 Å². The molecule has 0 radical (unpaired) electrons. The topological polar surface area (TPSA) is 57.2 Å². The summed E-state index contributed by atoms with van der Waals surface area (Å²) in [5.74, 6) is 3.64. The van der Waals surface area contributed by atoms with E-state index in [2.05, 4.69) is 140 Å². The maximum Gasteiger partial charge on any atom is 0.124 e. The van der Waals surface area contributed by atoms with Crippen molar-refractivity contribution in [1.82, 2.24) is 0 Å². The minimum atomic E-state index is -0.988. The molecule has 0 amide bonds. The van der Waals surface area contributed by atoms with E-state index < -0.39 is 15.8 Å². The Morgan fingerprint density at radius 3 is 1.15 bits per heavy atom. The smallest absolute Gasteiger partial charge is 0.124 e. The van der Waals surface area contributed by atoms with Gasteiger partial charge in [0.25, 0.3) is 0 Å². The van der Waals surface area contributed by atoms with Crippen molar-refractivity contribution in [3.63, 3.8) is 0 Å². The summed E-state index contributed by atoms with van der Waals surface area (Å²) in [6, 6.07) is 32.9. The van der Waals surface area contributed by atoms with Crippen LogP contribution in [0, 0.1) is 55.4 Å². The average Bonchev–Trinajstić information content (AvgIpc) is 3.19. The zero-order valence-corrected chi connectivity index (χ0v) is 39.3. The maximum absolute atomic E-state index is 11.4. The molecule has 6 aromatic carbocycles. The van der Waals surface area contributed by atoms with E-state index in [4.69, 9.17) is 18.9 Å². The standard InChI is InChI=1S/C53H60O5P2/c1-31-19-44(20-32(2)50(31)55-9)59(45-21-33(3)51(56-10)34(4)22-45)48-27-39-13-15-40-17-18-41(43(30-54)28-42(48)16-14-39)29-49(40)60(46-23-35(5)52(57-11)36(6)24-46)47-25-37(7)53(58-12)38(8)26-47/h14,16-27,29,43,54H,13,15,28,30H2,1-12H3/t43-/m1/s1. The van der Waals surface area contributed by atoms with Gasteiger partial charge in [-0.1, -0.05) is 30.3 Å². The summed E-state index contributed by atoms with van der Waals surface area (Å²) < 4.78 is 23.4. The molecule has 0 aromatic heterocycles. The second-order valence-electron chi connectivity index (χ2n) is 16.6. The van der Waals surface area contributed by atoms with Crippen LogP contribution in [-0.4, -0.2) is 40.2 Å². The SMILES string of the molecule is COc1c(C)cc(P(c2cc(C)c(OC)c(C)c2)c2cc3ccc2CCc2ccc(c(P(c4cc(C)c(OC)c(C)c4)c4cc(C)c(OC)c(C)c4)c2)C[C@@H]3CO)cc1C. The van der Waals surface area contributed by atoms with Gasteiger partial charge in [0.05, 0.1) is 35.0 Å². The number of ether oxygens (including phenoxy) is 4. The number of aryl methyl sites for hydroxylation is 10. The first-order valence-corrected chi connectivity index (χ1v) is 23.6. The molecule has 7 heteroatoms. The van der Waals surface area contributed by atoms with Gasteiger partial charge in [0, 0.05) is 5.92 Å². The zero-order chi connectivity index (χ0) is 43.0. The lowest BCUT2D eigenvalue weighted by Crippen LogP contribution is -2.28. The third kappa shape index (κ3) is 8.34. The van der Waals surface area contributed by atoms with Gasteiger partial charge in [-0.2, -0.15) is 0 Å². The van der Waals surface area contributed by atoms with Crippen LogP contribution in [0.15, 0.2) is 84.9 Å². The van der Waals surface area contributed by atoms with E-state index >= 15 is 0 Å². The number of methoxy groups -OCH3 is 4. The highest BCUT2D eigenvalue weighted by molar-refractivity contribution is 7.80. The van der Waals surface area contributed by atoms with Crippen LogP contribution in [0.2, 0.25) is 0 Å². The largest absolute Gasteiger partial charge is 0.496 e. The van der Waals surface area contributed by atoms with Gasteiger partial charge in [-0.05, 0) is 244 Å². The molecule has 0 unspecified atom stereocenters. The molecule has 0 aliphatic heterocycles. The van der Waals surface area contributed by atoms with Gasteiger partial charge in [-0.3, -0.25) is 0 Å². The van der Waals surface area contributed by atoms with Gasteiger partial charge < -0.3 is 24.1 Å². The highest BCUT2D eigenvalue weighted by atomic mass is 31.1. The summed E-state index contributed by atoms with van der Waals surface area (Å²) in [4.78, 5) is 0. The quantitative estimate of drug-likeness (QED) is 0.132. The van der Waals surface area contributed by atoms with Gasteiger partial charge >= 0.3 is 0 Å². The van der Waals surface area contributed by atoms with Crippen molar-refractivity contribution in [2.75, 3.05) is 35.0 Å². The number of hydrogen-bond acceptors (Lipinski definition) is 5. The Morgan fingerprint density at radius 1 is 0.450 bits per heavy atom. The molecule has 0 fully saturated rings. The van der Waals surface area contributed by atoms with Crippen molar-refractivity contribution in [3.05, 3.63) is 152 Å². The van der Waals surface area contributed by atoms with Crippen LogP contribution < -0.4 is 50.8 Å². The molecule has 1 atom stereocenters. The first-order chi connectivity index (χ1) is 28.8. The number of aliphatic hydroxyl groups excluding tert-OH is 1. The van der Waals surface area contributed by atoms with E-state index in [9.17, 15) is 5.11 Å². The number of rotatable bonds is 11. The minimum Gasteiger partial charge on any atom is -0.496 e. The second kappa shape index (κ2) is 18.1. The first-order valence-electron chi connectivity index (χ1n) is 20.9. The molecular weight excluding hydrogens is 779 g/mol. The van der Waals surface area contributed by atoms with Crippen LogP contribution in [0.5, 0.6) is 23.0 Å². The second-order valence-corrected chi connectivity index (χ2v) is 20.9. The van der Waals surface area contributed by atoms with Gasteiger partial charge in [-0.25, -0.2) is 0 Å². The Kier molecular flexibility index (Phi) is 13.1. The Morgan fingerprint density at radius 2 is 0.800 bits per heavy atom. The molecular formula is C53H60O5P2. The Hall–Kier alpha value is -4.66. The third-order valence-electron chi connectivity index (χ3n) is 12.2. The maximum atomic E-state index is 11.4. The zero-order valence-electron chi connectivity index (χ0n) is 37.5. The van der Waals surface area contributed by atoms with Crippen molar-refractivity contribution in [2.24, 2.45) is 0 Å². The summed E-state index contributed by atoms with van der Waals surface area (Å²) >= 11 is 0. The molecule has 10 rings (SSSR count). The lowest BCUT2D eigenvalue weighted by molar-refractivity contribution is 0.264. The van der Waals surface area contributed by atoms with Crippen molar-refractivity contribution in [3.8, 4) is 23.0 Å². The highest BCUT2D eigenvalue weighted by Crippen LogP contribution is 2.43. The predicted molar refractivity (Wildman–Crippen MR) is 255 cm³/mol. The van der Waals surface area contributed by atoms with E-state index in [1.807, 2.05) is 0 Å². The normalized spacial score (nSPS) is 13.8. The minimum absolute atomic E-state index is 0.0405. The Balaban J connectivity index is 1.42. The first kappa shape index (κ1) is 43.4. The number of benzene rings is 6. The molecule has 0 spiro atoms. The van der Waals surface area contributed by atoms with E-state index in [1.54, 1.807) is 28.4 Å². The summed E-state index contributed by atoms with van der Waals surface area (Å²) in [6.07, 6.45) is 2.50. The molecule has 0 saturated heterocycles. The fraction of sp³-hybridized carbons (Fsp3) is 0.321. The van der Waals surface area contributed by atoms with Gasteiger partial charge in [0.15, 0.2) is 0 Å². The lowest BCUT2D eigenvalue weighted by Gasteiger charge is -2.29. The molecule has 0 saturated carbocycles. The Labute approximate surface area is 360 Å². The molecule has 0 heterocycles. The number of hydrogen-bond donors (Lipinski definition) is 1. The van der Waals surface area contributed by atoms with E-state index in [0.29, 0.717) is 6.42 Å². The highest BCUT2D eigenvalue weighted by Gasteiger charge is 2.29. The molecule has 312 valence electrons. The number of aliphatic hydroxyl groups is 1. The van der Waals surface area contributed by atoms with Crippen molar-refractivity contribution >= 4 is 47.7 Å². The van der Waals surface area contributed by atoms with Crippen molar-refractivity contribution in [2.45, 2.75) is 80.6 Å². The molecule has 5 nitrogen and oxygen atoms in total. The van der Waals surface area contributed by atoms with Gasteiger partial charge in [0.1, 0.15) is 23.0 Å². The van der Waals surface area contributed by atoms with Crippen molar-refractivity contribution in [1.29, 1.82) is 0 Å². The summed E-state index contributed by atoms with van der Waals surface area (Å²) in [6.45, 7) is 17.2. The molecule has 60 heavy (non-hydrogen) atoms. The summed E-state index contributed by atoms with van der Waals surface area (Å²) in [5, 5.41) is 19.3. The molecule has 6 aromatic rings. The van der Waals surface area contributed by atoms with Crippen LogP contribution in [0.1, 0.15) is 72.7 Å². The third-order valence-corrected chi connectivity index (χ3v) is 17.1. The fourth-order valence-electron chi connectivity index (χ4n) is 9.60. The van der Waals surface area contributed by atoms with Crippen LogP contribution in [0.3, 0.4) is 0 Å². The van der Waals surface area contributed by atoms with E-state index in [-0.39, 0.29) is 12.5 Å². The molecule has 4 bridgehead atoms. The van der Waals surface area contributed by atoms with E-state index in [1.165, 1.54) is 54.1 Å². The Bertz CT molecular complexity index is 2360. The van der Waals surface area contributed by atoms with Crippen LogP contribution >= 0.6 is 15.8 Å². The predicted octanol–water partition coefficient (Wildman–Crippen LogP) is 9.12.